The Balaban J connectivity index is 1.24. The van der Waals surface area contributed by atoms with Gasteiger partial charge in [0.25, 0.3) is 5.22 Å². The molecule has 0 radical (unpaired) electrons. The van der Waals surface area contributed by atoms with Crippen LogP contribution < -0.4 is 5.32 Å². The van der Waals surface area contributed by atoms with Crippen LogP contribution in [-0.4, -0.2) is 21.9 Å². The fourth-order valence-corrected chi connectivity index (χ4v) is 3.67. The Morgan fingerprint density at radius 1 is 0.909 bits per heavy atom. The molecule has 0 aliphatic carbocycles. The molecule has 0 aliphatic heterocycles. The van der Waals surface area contributed by atoms with E-state index in [0.29, 0.717) is 28.9 Å². The van der Waals surface area contributed by atoms with Crippen molar-refractivity contribution in [3.8, 4) is 0 Å². The Labute approximate surface area is 196 Å². The molecule has 1 heterocycles. The van der Waals surface area contributed by atoms with Crippen molar-refractivity contribution >= 4 is 34.7 Å². The lowest BCUT2D eigenvalue weighted by atomic mass is 9.98. The maximum Gasteiger partial charge on any atom is 0.277 e. The van der Waals surface area contributed by atoms with Gasteiger partial charge in [0.1, 0.15) is 0 Å². The largest absolute Gasteiger partial charge is 0.416 e. The minimum absolute atomic E-state index is 0.156. The van der Waals surface area contributed by atoms with Gasteiger partial charge < -0.3 is 9.73 Å². The predicted molar refractivity (Wildman–Crippen MR) is 129 cm³/mol. The summed E-state index contributed by atoms with van der Waals surface area (Å²) < 4.78 is 5.69. The molecule has 166 valence electrons. The second-order valence-electron chi connectivity index (χ2n) is 7.40. The molecule has 1 unspecified atom stereocenters. The van der Waals surface area contributed by atoms with Crippen molar-refractivity contribution < 1.29 is 9.21 Å². The van der Waals surface area contributed by atoms with Gasteiger partial charge in [-0.1, -0.05) is 67.2 Å². The summed E-state index contributed by atoms with van der Waals surface area (Å²) in [6.45, 7) is 2.12. The number of rotatable bonds is 9. The zero-order chi connectivity index (χ0) is 22.9. The van der Waals surface area contributed by atoms with E-state index in [1.54, 1.807) is 24.3 Å². The number of amides is 1. The van der Waals surface area contributed by atoms with Crippen molar-refractivity contribution in [1.82, 2.24) is 10.2 Å². The van der Waals surface area contributed by atoms with E-state index in [1.165, 1.54) is 17.3 Å². The summed E-state index contributed by atoms with van der Waals surface area (Å²) in [7, 11) is 0. The van der Waals surface area contributed by atoms with E-state index in [0.717, 1.165) is 5.69 Å². The normalized spacial score (nSPS) is 12.0. The number of azo groups is 1. The minimum Gasteiger partial charge on any atom is -0.416 e. The molecule has 0 fully saturated rings. The molecular formula is C25H23N5O2S. The summed E-state index contributed by atoms with van der Waals surface area (Å²) >= 11 is 1.21. The highest BCUT2D eigenvalue weighted by atomic mass is 32.2. The molecular weight excluding hydrogens is 434 g/mol. The molecule has 1 amide bonds. The standard InChI is InChI=1S/C25H23N5O2S/c1-18(19-8-4-2-5-9-19)16-24-29-30-25(32-24)33-17-23(31)26-20-12-14-22(15-13-20)28-27-21-10-6-3-7-11-21/h2-15,18H,16-17H2,1H3,(H,26,31). The maximum atomic E-state index is 12.3. The third kappa shape index (κ3) is 6.85. The number of nitrogens with one attached hydrogen (secondary N) is 1. The van der Waals surface area contributed by atoms with Crippen LogP contribution >= 0.6 is 11.8 Å². The van der Waals surface area contributed by atoms with E-state index < -0.39 is 0 Å². The number of carbonyl (C=O) groups is 1. The Morgan fingerprint density at radius 2 is 1.55 bits per heavy atom. The van der Waals surface area contributed by atoms with Gasteiger partial charge in [-0.25, -0.2) is 0 Å². The number of carbonyl (C=O) groups excluding carboxylic acids is 1. The van der Waals surface area contributed by atoms with Gasteiger partial charge in [-0.15, -0.1) is 10.2 Å². The number of hydrogen-bond donors (Lipinski definition) is 1. The van der Waals surface area contributed by atoms with Crippen molar-refractivity contribution in [2.75, 3.05) is 11.1 Å². The van der Waals surface area contributed by atoms with Crippen LogP contribution in [0.4, 0.5) is 17.1 Å². The minimum atomic E-state index is -0.156. The van der Waals surface area contributed by atoms with Gasteiger partial charge in [-0.2, -0.15) is 10.2 Å². The van der Waals surface area contributed by atoms with Gasteiger partial charge in [-0.05, 0) is 47.9 Å². The second kappa shape index (κ2) is 11.2. The summed E-state index contributed by atoms with van der Waals surface area (Å²) in [5.41, 5.74) is 3.39. The average molecular weight is 458 g/mol. The topological polar surface area (TPSA) is 92.7 Å². The predicted octanol–water partition coefficient (Wildman–Crippen LogP) is 6.56. The summed E-state index contributed by atoms with van der Waals surface area (Å²) in [5.74, 6) is 0.847. The SMILES string of the molecule is CC(Cc1nnc(SCC(=O)Nc2ccc(N=Nc3ccccc3)cc2)o1)c1ccccc1. The number of hydrogen-bond acceptors (Lipinski definition) is 7. The van der Waals surface area contributed by atoms with E-state index in [9.17, 15) is 4.79 Å². The van der Waals surface area contributed by atoms with Crippen LogP contribution in [0.3, 0.4) is 0 Å². The molecule has 1 N–H and O–H groups in total. The smallest absolute Gasteiger partial charge is 0.277 e. The summed E-state index contributed by atoms with van der Waals surface area (Å²) in [4.78, 5) is 12.3. The molecule has 3 aromatic carbocycles. The van der Waals surface area contributed by atoms with Crippen molar-refractivity contribution in [3.63, 3.8) is 0 Å². The van der Waals surface area contributed by atoms with Crippen LogP contribution in [0.2, 0.25) is 0 Å². The third-order valence-corrected chi connectivity index (χ3v) is 5.63. The Morgan fingerprint density at radius 3 is 2.24 bits per heavy atom. The zero-order valence-corrected chi connectivity index (χ0v) is 18.9. The van der Waals surface area contributed by atoms with E-state index in [1.807, 2.05) is 48.5 Å². The molecule has 7 nitrogen and oxygen atoms in total. The van der Waals surface area contributed by atoms with Crippen LogP contribution in [-0.2, 0) is 11.2 Å². The van der Waals surface area contributed by atoms with E-state index in [4.69, 9.17) is 4.42 Å². The second-order valence-corrected chi connectivity index (χ2v) is 8.32. The van der Waals surface area contributed by atoms with Crippen molar-refractivity contribution in [2.45, 2.75) is 24.5 Å². The van der Waals surface area contributed by atoms with Gasteiger partial charge in [0.15, 0.2) is 0 Å². The fraction of sp³-hybridized carbons (Fsp3) is 0.160. The lowest BCUT2D eigenvalue weighted by Crippen LogP contribution is -2.13. The van der Waals surface area contributed by atoms with Gasteiger partial charge in [0, 0.05) is 12.1 Å². The van der Waals surface area contributed by atoms with Crippen molar-refractivity contribution in [1.29, 1.82) is 0 Å². The Hall–Kier alpha value is -3.78. The molecule has 4 rings (SSSR count). The molecule has 4 aromatic rings. The Kier molecular flexibility index (Phi) is 7.60. The Bertz CT molecular complexity index is 1190. The van der Waals surface area contributed by atoms with Crippen LogP contribution in [0.15, 0.2) is 105 Å². The summed E-state index contributed by atoms with van der Waals surface area (Å²) in [6, 6.07) is 26.9. The summed E-state index contributed by atoms with van der Waals surface area (Å²) in [5, 5.41) is 19.8. The molecule has 0 saturated heterocycles. The number of benzene rings is 3. The van der Waals surface area contributed by atoms with Gasteiger partial charge in [0.05, 0.1) is 17.1 Å². The highest BCUT2D eigenvalue weighted by molar-refractivity contribution is 7.99. The monoisotopic (exact) mass is 457 g/mol. The highest BCUT2D eigenvalue weighted by Gasteiger charge is 2.14. The van der Waals surface area contributed by atoms with E-state index in [2.05, 4.69) is 44.8 Å². The molecule has 0 bridgehead atoms. The molecule has 0 spiro atoms. The van der Waals surface area contributed by atoms with Gasteiger partial charge >= 0.3 is 0 Å². The molecule has 0 saturated carbocycles. The van der Waals surface area contributed by atoms with Crippen LogP contribution in [0.1, 0.15) is 24.3 Å². The molecule has 0 aliphatic rings. The quantitative estimate of drug-likeness (QED) is 0.227. The van der Waals surface area contributed by atoms with E-state index >= 15 is 0 Å². The van der Waals surface area contributed by atoms with Crippen LogP contribution in [0.25, 0.3) is 0 Å². The first-order valence-electron chi connectivity index (χ1n) is 10.5. The van der Waals surface area contributed by atoms with Crippen molar-refractivity contribution in [2.24, 2.45) is 10.2 Å². The lowest BCUT2D eigenvalue weighted by Gasteiger charge is -2.08. The van der Waals surface area contributed by atoms with Gasteiger partial charge in [0.2, 0.25) is 11.8 Å². The summed E-state index contributed by atoms with van der Waals surface area (Å²) in [6.07, 6.45) is 0.651. The average Bonchev–Trinajstić information content (AvgIpc) is 3.31. The van der Waals surface area contributed by atoms with Crippen LogP contribution in [0.5, 0.6) is 0 Å². The zero-order valence-electron chi connectivity index (χ0n) is 18.1. The molecule has 33 heavy (non-hydrogen) atoms. The van der Waals surface area contributed by atoms with Gasteiger partial charge in [-0.3, -0.25) is 4.79 Å². The highest BCUT2D eigenvalue weighted by Crippen LogP contribution is 2.23. The van der Waals surface area contributed by atoms with E-state index in [-0.39, 0.29) is 17.6 Å². The molecule has 1 aromatic heterocycles. The first-order valence-corrected chi connectivity index (χ1v) is 11.5. The fourth-order valence-electron chi connectivity index (χ4n) is 3.09. The van der Waals surface area contributed by atoms with Crippen molar-refractivity contribution in [3.05, 3.63) is 96.4 Å². The number of nitrogens with zero attached hydrogens (tertiary/aromatic N) is 4. The lowest BCUT2D eigenvalue weighted by molar-refractivity contribution is -0.113. The molecule has 1 atom stereocenters. The number of aromatic nitrogens is 2. The number of thioether (sulfide) groups is 1. The first kappa shape index (κ1) is 22.4. The van der Waals surface area contributed by atoms with Crippen LogP contribution in [0, 0.1) is 0 Å². The molecule has 8 heteroatoms. The number of anilines is 1. The third-order valence-electron chi connectivity index (χ3n) is 4.81. The first-order chi connectivity index (χ1) is 16.2. The maximum absolute atomic E-state index is 12.3.